The first-order valence-corrected chi connectivity index (χ1v) is 8.10. The van der Waals surface area contributed by atoms with Crippen LogP contribution in [-0.4, -0.2) is 24.5 Å². The topological polar surface area (TPSA) is 51.5 Å². The number of nitrogens with one attached hydrogen (secondary N) is 1. The van der Waals surface area contributed by atoms with Gasteiger partial charge in [-0.1, -0.05) is 20.8 Å². The van der Waals surface area contributed by atoms with Crippen molar-refractivity contribution in [3.05, 3.63) is 30.0 Å². The summed E-state index contributed by atoms with van der Waals surface area (Å²) in [6.07, 6.45) is 2.37. The summed E-state index contributed by atoms with van der Waals surface area (Å²) in [6.45, 7) is 8.62. The van der Waals surface area contributed by atoms with Gasteiger partial charge in [-0.3, -0.25) is 4.79 Å². The van der Waals surface area contributed by atoms with E-state index in [2.05, 4.69) is 12.2 Å². The number of benzene rings is 1. The van der Waals surface area contributed by atoms with E-state index in [0.29, 0.717) is 17.4 Å². The van der Waals surface area contributed by atoms with Crippen molar-refractivity contribution >= 4 is 16.8 Å². The molecule has 0 unspecified atom stereocenters. The standard InChI is InChI=1S/C16H19NO3.C2H6.H2/c1-3-17-12-7-14(8-12)19-13-5-4-11-6-15(10(2)18)20-16(11)9-13;1-2;/h4-6,9,12,14,17H,3,7-8H2,1-2H3;1-2H3;1H. The third kappa shape index (κ3) is 3.69. The summed E-state index contributed by atoms with van der Waals surface area (Å²) in [5, 5.41) is 4.34. The maximum Gasteiger partial charge on any atom is 0.194 e. The van der Waals surface area contributed by atoms with Crippen LogP contribution in [0, 0.1) is 0 Å². The molecule has 0 atom stereocenters. The summed E-state index contributed by atoms with van der Waals surface area (Å²) in [6, 6.07) is 8.08. The Morgan fingerprint density at radius 3 is 2.73 bits per heavy atom. The van der Waals surface area contributed by atoms with Gasteiger partial charge in [-0.2, -0.15) is 0 Å². The molecule has 0 saturated heterocycles. The Morgan fingerprint density at radius 1 is 1.36 bits per heavy atom. The van der Waals surface area contributed by atoms with Crippen LogP contribution in [0.2, 0.25) is 0 Å². The van der Waals surface area contributed by atoms with Crippen molar-refractivity contribution in [1.29, 1.82) is 0 Å². The van der Waals surface area contributed by atoms with Gasteiger partial charge < -0.3 is 14.5 Å². The van der Waals surface area contributed by atoms with Gasteiger partial charge in [0.05, 0.1) is 0 Å². The molecule has 0 bridgehead atoms. The Labute approximate surface area is 133 Å². The molecule has 2 aromatic rings. The molecule has 1 aliphatic rings. The summed E-state index contributed by atoms with van der Waals surface area (Å²) in [4.78, 5) is 11.3. The molecule has 0 radical (unpaired) electrons. The first-order valence-electron chi connectivity index (χ1n) is 8.10. The van der Waals surface area contributed by atoms with Gasteiger partial charge in [-0.05, 0) is 37.6 Å². The number of rotatable bonds is 5. The molecule has 1 aromatic carbocycles. The van der Waals surface area contributed by atoms with Crippen LogP contribution in [0.5, 0.6) is 5.75 Å². The molecular weight excluding hydrogens is 278 g/mol. The molecule has 1 aliphatic carbocycles. The van der Waals surface area contributed by atoms with Crippen LogP contribution in [0.4, 0.5) is 0 Å². The zero-order valence-corrected chi connectivity index (χ0v) is 13.8. The second-order valence-corrected chi connectivity index (χ2v) is 5.33. The fraction of sp³-hybridized carbons (Fsp3) is 0.500. The molecule has 1 saturated carbocycles. The average molecular weight is 305 g/mol. The van der Waals surface area contributed by atoms with Gasteiger partial charge in [0, 0.05) is 25.8 Å². The molecule has 4 nitrogen and oxygen atoms in total. The number of fused-ring (bicyclic) bond motifs is 1. The molecule has 122 valence electrons. The van der Waals surface area contributed by atoms with Crippen LogP contribution in [-0.2, 0) is 0 Å². The molecule has 22 heavy (non-hydrogen) atoms. The predicted octanol–water partition coefficient (Wildman–Crippen LogP) is 4.43. The Hall–Kier alpha value is -1.81. The molecule has 1 N–H and O–H groups in total. The number of furan rings is 1. The molecule has 3 rings (SSSR count). The van der Waals surface area contributed by atoms with E-state index in [1.165, 1.54) is 6.92 Å². The number of hydrogen-bond acceptors (Lipinski definition) is 4. The van der Waals surface area contributed by atoms with Crippen molar-refractivity contribution in [1.82, 2.24) is 5.32 Å². The highest BCUT2D eigenvalue weighted by molar-refractivity contribution is 5.96. The van der Waals surface area contributed by atoms with Crippen molar-refractivity contribution in [3.63, 3.8) is 0 Å². The highest BCUT2D eigenvalue weighted by Gasteiger charge is 2.30. The fourth-order valence-electron chi connectivity index (χ4n) is 2.57. The van der Waals surface area contributed by atoms with Crippen LogP contribution >= 0.6 is 0 Å². The highest BCUT2D eigenvalue weighted by atomic mass is 16.5. The van der Waals surface area contributed by atoms with Crippen molar-refractivity contribution in [2.75, 3.05) is 6.54 Å². The van der Waals surface area contributed by atoms with E-state index in [0.717, 1.165) is 30.5 Å². The number of Topliss-reactive ketones (excluding diaryl/α,β-unsaturated/α-hetero) is 1. The van der Waals surface area contributed by atoms with E-state index in [-0.39, 0.29) is 13.3 Å². The number of carbonyl (C=O) groups excluding carboxylic acids is 1. The van der Waals surface area contributed by atoms with Crippen LogP contribution in [0.15, 0.2) is 28.7 Å². The molecule has 1 aromatic heterocycles. The Kier molecular flexibility index (Phi) is 5.61. The van der Waals surface area contributed by atoms with Crippen LogP contribution < -0.4 is 10.1 Å². The Bertz CT molecular complexity index is 632. The lowest BCUT2D eigenvalue weighted by atomic mass is 9.89. The lowest BCUT2D eigenvalue weighted by Gasteiger charge is -2.35. The first kappa shape index (κ1) is 16.6. The molecule has 1 fully saturated rings. The number of ether oxygens (including phenoxy) is 1. The zero-order chi connectivity index (χ0) is 16.1. The SMILES string of the molecule is CC.CCNC1CC(Oc2ccc3cc(C(C)=O)oc3c2)C1.[HH]. The minimum absolute atomic E-state index is 0. The van der Waals surface area contributed by atoms with Crippen molar-refractivity contribution in [3.8, 4) is 5.75 Å². The molecule has 0 spiro atoms. The van der Waals surface area contributed by atoms with Crippen molar-refractivity contribution in [2.45, 2.75) is 52.7 Å². The maximum absolute atomic E-state index is 11.3. The highest BCUT2D eigenvalue weighted by Crippen LogP contribution is 2.29. The lowest BCUT2D eigenvalue weighted by molar-refractivity contribution is 0.0859. The second kappa shape index (κ2) is 7.45. The third-order valence-corrected chi connectivity index (χ3v) is 3.73. The van der Waals surface area contributed by atoms with E-state index in [1.807, 2.05) is 32.0 Å². The predicted molar refractivity (Wildman–Crippen MR) is 90.8 cm³/mol. The van der Waals surface area contributed by atoms with Crippen LogP contribution in [0.25, 0.3) is 11.0 Å². The van der Waals surface area contributed by atoms with Gasteiger partial charge >= 0.3 is 0 Å². The summed E-state index contributed by atoms with van der Waals surface area (Å²) in [7, 11) is 0. The number of ketones is 1. The molecule has 1 heterocycles. The van der Waals surface area contributed by atoms with Crippen LogP contribution in [0.3, 0.4) is 0 Å². The van der Waals surface area contributed by atoms with E-state index >= 15 is 0 Å². The van der Waals surface area contributed by atoms with Gasteiger partial charge in [0.1, 0.15) is 17.4 Å². The second-order valence-electron chi connectivity index (χ2n) is 5.33. The van der Waals surface area contributed by atoms with E-state index in [4.69, 9.17) is 9.15 Å². The van der Waals surface area contributed by atoms with Gasteiger partial charge in [-0.25, -0.2) is 0 Å². The smallest absolute Gasteiger partial charge is 0.194 e. The molecule has 4 heteroatoms. The van der Waals surface area contributed by atoms with Gasteiger partial charge in [0.25, 0.3) is 0 Å². The number of hydrogen-bond donors (Lipinski definition) is 1. The summed E-state index contributed by atoms with van der Waals surface area (Å²) < 4.78 is 11.4. The minimum Gasteiger partial charge on any atom is -0.490 e. The Balaban J connectivity index is 0.000000849. The monoisotopic (exact) mass is 305 g/mol. The van der Waals surface area contributed by atoms with E-state index in [1.54, 1.807) is 6.07 Å². The van der Waals surface area contributed by atoms with Crippen molar-refractivity contribution in [2.24, 2.45) is 0 Å². The zero-order valence-electron chi connectivity index (χ0n) is 13.8. The summed E-state index contributed by atoms with van der Waals surface area (Å²) in [5.74, 6) is 1.14. The first-order chi connectivity index (χ1) is 10.7. The van der Waals surface area contributed by atoms with Gasteiger partial charge in [0.15, 0.2) is 11.5 Å². The summed E-state index contributed by atoms with van der Waals surface area (Å²) >= 11 is 0. The Morgan fingerprint density at radius 2 is 2.09 bits per heavy atom. The average Bonchev–Trinajstić information content (AvgIpc) is 2.91. The molecular formula is C18H27NO3. The largest absolute Gasteiger partial charge is 0.490 e. The maximum atomic E-state index is 11.3. The van der Waals surface area contributed by atoms with Gasteiger partial charge in [0.2, 0.25) is 0 Å². The number of carbonyl (C=O) groups is 1. The van der Waals surface area contributed by atoms with E-state index < -0.39 is 0 Å². The summed E-state index contributed by atoms with van der Waals surface area (Å²) in [5.41, 5.74) is 0.704. The lowest BCUT2D eigenvalue weighted by Crippen LogP contribution is -2.46. The fourth-order valence-corrected chi connectivity index (χ4v) is 2.57. The quantitative estimate of drug-likeness (QED) is 0.830. The van der Waals surface area contributed by atoms with Crippen LogP contribution in [0.1, 0.15) is 52.5 Å². The minimum atomic E-state index is -0.0591. The third-order valence-electron chi connectivity index (χ3n) is 3.73. The molecule has 0 aliphatic heterocycles. The van der Waals surface area contributed by atoms with E-state index in [9.17, 15) is 4.79 Å². The van der Waals surface area contributed by atoms with Crippen molar-refractivity contribution < 1.29 is 15.4 Å². The molecule has 0 amide bonds. The van der Waals surface area contributed by atoms with Gasteiger partial charge in [-0.15, -0.1) is 0 Å². The normalized spacial score (nSPS) is 20.0.